The summed E-state index contributed by atoms with van der Waals surface area (Å²) < 4.78 is 0. The lowest BCUT2D eigenvalue weighted by atomic mass is 10.0. The van der Waals surface area contributed by atoms with Crippen molar-refractivity contribution in [1.29, 1.82) is 0 Å². The molecule has 1 aromatic heterocycles. The average molecular weight is 301 g/mol. The van der Waals surface area contributed by atoms with Gasteiger partial charge in [-0.25, -0.2) is 4.99 Å². The molecule has 2 aromatic rings. The number of nitrogens with zero attached hydrogens (tertiary/aromatic N) is 1. The van der Waals surface area contributed by atoms with Gasteiger partial charge in [0.1, 0.15) is 5.84 Å². The maximum atomic E-state index is 9.27. The van der Waals surface area contributed by atoms with Crippen molar-refractivity contribution in [2.24, 2.45) is 10.7 Å². The summed E-state index contributed by atoms with van der Waals surface area (Å²) in [6.45, 7) is 3.07. The molecule has 110 valence electrons. The predicted octanol–water partition coefficient (Wildman–Crippen LogP) is 2.16. The Morgan fingerprint density at radius 3 is 3.05 bits per heavy atom. The number of aliphatic hydroxyl groups excluding tert-OH is 1. The van der Waals surface area contributed by atoms with Crippen LogP contribution in [-0.4, -0.2) is 23.6 Å². The van der Waals surface area contributed by atoms with Crippen molar-refractivity contribution in [1.82, 2.24) is 5.32 Å². The topological polar surface area (TPSA) is 70.6 Å². The van der Waals surface area contributed by atoms with Gasteiger partial charge in [0.25, 0.3) is 0 Å². The van der Waals surface area contributed by atoms with E-state index in [0.717, 1.165) is 29.1 Å². The summed E-state index contributed by atoms with van der Waals surface area (Å²) >= 11 is 1.64. The number of aliphatic hydroxyl groups is 1. The summed E-state index contributed by atoms with van der Waals surface area (Å²) in [5.74, 6) is 0.604. The molecule has 0 bridgehead atoms. The lowest BCUT2D eigenvalue weighted by Gasteiger charge is -2.09. The lowest BCUT2D eigenvalue weighted by Crippen LogP contribution is -2.23. The van der Waals surface area contributed by atoms with Crippen LogP contribution in [0, 0.1) is 0 Å². The van der Waals surface area contributed by atoms with E-state index in [1.807, 2.05) is 0 Å². The molecule has 4 nitrogen and oxygen atoms in total. The Labute approximate surface area is 128 Å². The van der Waals surface area contributed by atoms with Crippen LogP contribution >= 0.6 is 11.3 Å². The molecule has 1 unspecified atom stereocenters. The van der Waals surface area contributed by atoms with E-state index in [-0.39, 0.29) is 6.10 Å². The van der Waals surface area contributed by atoms with Gasteiger partial charge in [-0.15, -0.1) is 11.3 Å². The Balaban J connectivity index is 1.84. The molecule has 2 heterocycles. The van der Waals surface area contributed by atoms with Gasteiger partial charge in [-0.1, -0.05) is 12.1 Å². The maximum Gasteiger partial charge on any atom is 0.141 e. The van der Waals surface area contributed by atoms with Crippen molar-refractivity contribution in [2.75, 3.05) is 6.54 Å². The number of hydrogen-bond donors (Lipinski definition) is 3. The molecule has 4 N–H and O–H groups in total. The molecular weight excluding hydrogens is 282 g/mol. The van der Waals surface area contributed by atoms with E-state index < -0.39 is 0 Å². The van der Waals surface area contributed by atoms with Gasteiger partial charge >= 0.3 is 0 Å². The highest BCUT2D eigenvalue weighted by atomic mass is 32.1. The number of thiophene rings is 1. The summed E-state index contributed by atoms with van der Waals surface area (Å²) in [6.07, 6.45) is 0.537. The van der Waals surface area contributed by atoms with Crippen LogP contribution < -0.4 is 11.1 Å². The van der Waals surface area contributed by atoms with Gasteiger partial charge in [0.15, 0.2) is 0 Å². The minimum Gasteiger partial charge on any atom is -0.392 e. The largest absolute Gasteiger partial charge is 0.392 e. The number of rotatable bonds is 4. The summed E-state index contributed by atoms with van der Waals surface area (Å²) in [5, 5.41) is 14.6. The van der Waals surface area contributed by atoms with E-state index in [2.05, 4.69) is 40.0 Å². The van der Waals surface area contributed by atoms with Gasteiger partial charge in [0.2, 0.25) is 0 Å². The van der Waals surface area contributed by atoms with Gasteiger partial charge in [-0.05, 0) is 41.1 Å². The predicted molar refractivity (Wildman–Crippen MR) is 87.3 cm³/mol. The fourth-order valence-corrected chi connectivity index (χ4v) is 3.31. The minimum absolute atomic E-state index is 0.338. The normalized spacial score (nSPS) is 14.9. The molecule has 0 radical (unpaired) electrons. The zero-order valence-electron chi connectivity index (χ0n) is 12.0. The van der Waals surface area contributed by atoms with Crippen molar-refractivity contribution in [3.8, 4) is 0 Å². The van der Waals surface area contributed by atoms with E-state index in [1.165, 1.54) is 11.1 Å². The van der Waals surface area contributed by atoms with Crippen LogP contribution in [0.4, 0.5) is 5.69 Å². The van der Waals surface area contributed by atoms with E-state index in [4.69, 9.17) is 5.73 Å². The van der Waals surface area contributed by atoms with Gasteiger partial charge in [-0.2, -0.15) is 0 Å². The molecule has 1 aliphatic rings. The second-order valence-corrected chi connectivity index (χ2v) is 6.31. The molecule has 0 spiro atoms. The van der Waals surface area contributed by atoms with Crippen LogP contribution in [0.15, 0.2) is 34.6 Å². The van der Waals surface area contributed by atoms with E-state index in [0.29, 0.717) is 12.4 Å². The first-order chi connectivity index (χ1) is 10.1. The van der Waals surface area contributed by atoms with Crippen molar-refractivity contribution in [2.45, 2.75) is 26.0 Å². The molecular formula is C16H19N3OS. The minimum atomic E-state index is -0.338. The second kappa shape index (κ2) is 5.97. The van der Waals surface area contributed by atoms with Gasteiger partial charge in [-0.3, -0.25) is 0 Å². The Morgan fingerprint density at radius 2 is 2.24 bits per heavy atom. The molecule has 1 aromatic carbocycles. The molecule has 0 aliphatic carbocycles. The molecule has 0 fully saturated rings. The summed E-state index contributed by atoms with van der Waals surface area (Å²) in [4.78, 5) is 5.67. The molecule has 21 heavy (non-hydrogen) atoms. The Morgan fingerprint density at radius 1 is 1.38 bits per heavy atom. The monoisotopic (exact) mass is 301 g/mol. The fraction of sp³-hybridized carbons (Fsp3) is 0.312. The van der Waals surface area contributed by atoms with Crippen LogP contribution in [0.3, 0.4) is 0 Å². The summed E-state index contributed by atoms with van der Waals surface area (Å²) in [7, 11) is 0. The molecule has 0 saturated carbocycles. The number of nitrogens with one attached hydrogen (secondary N) is 1. The van der Waals surface area contributed by atoms with E-state index in [1.54, 1.807) is 18.3 Å². The Bertz CT molecular complexity index is 676. The summed E-state index contributed by atoms with van der Waals surface area (Å²) in [5.41, 5.74) is 10.7. The average Bonchev–Trinajstić information content (AvgIpc) is 2.84. The number of nitrogens with two attached hydrogens (primary N) is 1. The number of fused-ring (bicyclic) bond motifs is 2. The highest BCUT2D eigenvalue weighted by molar-refractivity contribution is 7.12. The highest BCUT2D eigenvalue weighted by Gasteiger charge is 2.16. The Hall–Kier alpha value is -1.69. The first-order valence-electron chi connectivity index (χ1n) is 7.05. The van der Waals surface area contributed by atoms with Crippen molar-refractivity contribution in [3.05, 3.63) is 51.2 Å². The molecule has 3 rings (SSSR count). The third-order valence-corrected chi connectivity index (χ3v) is 4.50. The third kappa shape index (κ3) is 3.15. The zero-order valence-corrected chi connectivity index (χ0v) is 12.8. The van der Waals surface area contributed by atoms with Crippen LogP contribution in [0.1, 0.15) is 28.5 Å². The number of amidine groups is 1. The zero-order chi connectivity index (χ0) is 14.8. The SMILES string of the molecule is CC(O)CNCc1ccc2c(c1)N=C(N)c1sccc1C2. The van der Waals surface area contributed by atoms with E-state index >= 15 is 0 Å². The third-order valence-electron chi connectivity index (χ3n) is 3.52. The Kier molecular flexibility index (Phi) is 4.05. The number of aliphatic imine (C=N–C) groups is 1. The smallest absolute Gasteiger partial charge is 0.141 e. The van der Waals surface area contributed by atoms with Crippen molar-refractivity contribution >= 4 is 22.9 Å². The van der Waals surface area contributed by atoms with Crippen LogP contribution in [0.2, 0.25) is 0 Å². The second-order valence-electron chi connectivity index (χ2n) is 5.39. The van der Waals surface area contributed by atoms with Gasteiger partial charge in [0, 0.05) is 19.5 Å². The number of benzene rings is 1. The molecule has 1 aliphatic heterocycles. The van der Waals surface area contributed by atoms with Crippen molar-refractivity contribution < 1.29 is 5.11 Å². The molecule has 5 heteroatoms. The van der Waals surface area contributed by atoms with Gasteiger partial charge in [0.05, 0.1) is 16.7 Å². The quantitative estimate of drug-likeness (QED) is 0.810. The summed E-state index contributed by atoms with van der Waals surface area (Å²) in [6, 6.07) is 8.43. The molecule has 0 saturated heterocycles. The van der Waals surface area contributed by atoms with Crippen LogP contribution in [-0.2, 0) is 13.0 Å². The van der Waals surface area contributed by atoms with E-state index in [9.17, 15) is 5.11 Å². The molecule has 0 amide bonds. The molecule has 1 atom stereocenters. The first-order valence-corrected chi connectivity index (χ1v) is 7.93. The van der Waals surface area contributed by atoms with Gasteiger partial charge < -0.3 is 16.2 Å². The number of hydrogen-bond acceptors (Lipinski definition) is 5. The van der Waals surface area contributed by atoms with Crippen LogP contribution in [0.5, 0.6) is 0 Å². The maximum absolute atomic E-state index is 9.27. The highest BCUT2D eigenvalue weighted by Crippen LogP contribution is 2.31. The fourth-order valence-electron chi connectivity index (χ4n) is 2.48. The van der Waals surface area contributed by atoms with Crippen molar-refractivity contribution in [3.63, 3.8) is 0 Å². The lowest BCUT2D eigenvalue weighted by molar-refractivity contribution is 0.191. The van der Waals surface area contributed by atoms with Crippen LogP contribution in [0.25, 0.3) is 0 Å². The first kappa shape index (κ1) is 14.3. The standard InChI is InChI=1S/C16H19N3OS/c1-10(20)8-18-9-11-2-3-12-7-13-4-5-21-15(13)16(17)19-14(12)6-11/h2-6,10,18,20H,7-9H2,1H3,(H2,17,19).